The van der Waals surface area contributed by atoms with Crippen molar-refractivity contribution in [3.63, 3.8) is 0 Å². The summed E-state index contributed by atoms with van der Waals surface area (Å²) in [6.07, 6.45) is 5.39. The predicted octanol–water partition coefficient (Wildman–Crippen LogP) is 2.84. The minimum absolute atomic E-state index is 0.341. The van der Waals surface area contributed by atoms with Crippen LogP contribution >= 0.6 is 0 Å². The van der Waals surface area contributed by atoms with E-state index in [-0.39, 0.29) is 0 Å². The molecule has 1 fully saturated rings. The summed E-state index contributed by atoms with van der Waals surface area (Å²) in [6.45, 7) is 7.18. The van der Waals surface area contributed by atoms with Gasteiger partial charge in [-0.1, -0.05) is 0 Å². The van der Waals surface area contributed by atoms with Crippen molar-refractivity contribution in [1.29, 1.82) is 0 Å². The molecule has 0 aromatic heterocycles. The minimum Gasteiger partial charge on any atom is -0.304 e. The Kier molecular flexibility index (Phi) is 4.07. The molecule has 0 atom stereocenters. The summed E-state index contributed by atoms with van der Waals surface area (Å²) >= 11 is 0. The molecule has 0 heterocycles. The third kappa shape index (κ3) is 2.60. The zero-order chi connectivity index (χ0) is 12.6. The molecule has 1 rings (SSSR count). The standard InChI is InChI=1S/C14H30N2/c1-13(2,15(4)5)12-8-10-14(3,11-9-12)16(6)7/h12H,8-11H2,1-7H3. The van der Waals surface area contributed by atoms with Crippen LogP contribution in [0.3, 0.4) is 0 Å². The Hall–Kier alpha value is -0.0800. The molecular weight excluding hydrogens is 196 g/mol. The molecule has 1 aliphatic rings. The van der Waals surface area contributed by atoms with Gasteiger partial charge in [0.2, 0.25) is 0 Å². The van der Waals surface area contributed by atoms with Gasteiger partial charge in [0.25, 0.3) is 0 Å². The van der Waals surface area contributed by atoms with E-state index >= 15 is 0 Å². The summed E-state index contributed by atoms with van der Waals surface area (Å²) in [7, 11) is 8.86. The van der Waals surface area contributed by atoms with Crippen LogP contribution in [0.5, 0.6) is 0 Å². The lowest BCUT2D eigenvalue weighted by Crippen LogP contribution is -2.51. The van der Waals surface area contributed by atoms with E-state index in [9.17, 15) is 0 Å². The first-order valence-electron chi connectivity index (χ1n) is 6.55. The molecule has 0 bridgehead atoms. The highest BCUT2D eigenvalue weighted by Gasteiger charge is 2.39. The SMILES string of the molecule is CN(C)C1(C)CCC(C(C)(C)N(C)C)CC1. The largest absolute Gasteiger partial charge is 0.304 e. The van der Waals surface area contributed by atoms with Gasteiger partial charge in [-0.05, 0) is 80.6 Å². The van der Waals surface area contributed by atoms with Gasteiger partial charge in [0.15, 0.2) is 0 Å². The maximum Gasteiger partial charge on any atom is 0.0175 e. The van der Waals surface area contributed by atoms with Crippen molar-refractivity contribution in [2.45, 2.75) is 57.5 Å². The van der Waals surface area contributed by atoms with Gasteiger partial charge in [-0.25, -0.2) is 0 Å². The topological polar surface area (TPSA) is 6.48 Å². The highest BCUT2D eigenvalue weighted by atomic mass is 15.2. The fraction of sp³-hybridized carbons (Fsp3) is 1.00. The van der Waals surface area contributed by atoms with Crippen LogP contribution in [0.2, 0.25) is 0 Å². The van der Waals surface area contributed by atoms with Gasteiger partial charge in [-0.3, -0.25) is 0 Å². The number of hydrogen-bond acceptors (Lipinski definition) is 2. The Morgan fingerprint density at radius 1 is 1.00 bits per heavy atom. The summed E-state index contributed by atoms with van der Waals surface area (Å²) < 4.78 is 0. The number of hydrogen-bond donors (Lipinski definition) is 0. The molecule has 0 N–H and O–H groups in total. The third-order valence-electron chi connectivity index (χ3n) is 5.29. The van der Waals surface area contributed by atoms with E-state index in [1.165, 1.54) is 25.7 Å². The Morgan fingerprint density at radius 3 is 1.75 bits per heavy atom. The van der Waals surface area contributed by atoms with Crippen molar-refractivity contribution in [1.82, 2.24) is 9.80 Å². The smallest absolute Gasteiger partial charge is 0.0175 e. The average molecular weight is 226 g/mol. The van der Waals surface area contributed by atoms with Crippen LogP contribution in [0.4, 0.5) is 0 Å². The van der Waals surface area contributed by atoms with Crippen LogP contribution in [0.15, 0.2) is 0 Å². The Bertz CT molecular complexity index is 223. The van der Waals surface area contributed by atoms with Crippen molar-refractivity contribution in [3.05, 3.63) is 0 Å². The molecule has 2 heteroatoms. The second-order valence-electron chi connectivity index (χ2n) is 6.71. The van der Waals surface area contributed by atoms with Gasteiger partial charge < -0.3 is 9.80 Å². The highest BCUT2D eigenvalue weighted by molar-refractivity contribution is 4.95. The molecule has 0 amide bonds. The molecule has 0 aliphatic heterocycles. The molecule has 0 aromatic rings. The second-order valence-corrected chi connectivity index (χ2v) is 6.71. The van der Waals surface area contributed by atoms with E-state index in [4.69, 9.17) is 0 Å². The van der Waals surface area contributed by atoms with Crippen molar-refractivity contribution in [2.75, 3.05) is 28.2 Å². The summed E-state index contributed by atoms with van der Waals surface area (Å²) in [5.74, 6) is 0.843. The maximum absolute atomic E-state index is 2.41. The van der Waals surface area contributed by atoms with Gasteiger partial charge in [0.1, 0.15) is 0 Å². The van der Waals surface area contributed by atoms with Gasteiger partial charge >= 0.3 is 0 Å². The Labute approximate surface area is 102 Å². The first-order valence-corrected chi connectivity index (χ1v) is 6.55. The Morgan fingerprint density at radius 2 is 1.44 bits per heavy atom. The zero-order valence-corrected chi connectivity index (χ0v) is 12.3. The first kappa shape index (κ1) is 14.0. The van der Waals surface area contributed by atoms with E-state index in [2.05, 4.69) is 58.8 Å². The van der Waals surface area contributed by atoms with Crippen LogP contribution < -0.4 is 0 Å². The van der Waals surface area contributed by atoms with E-state index in [1.807, 2.05) is 0 Å². The lowest BCUT2D eigenvalue weighted by molar-refractivity contribution is 0.0332. The summed E-state index contributed by atoms with van der Waals surface area (Å²) in [6, 6.07) is 0. The Balaban J connectivity index is 2.62. The van der Waals surface area contributed by atoms with Crippen LogP contribution in [-0.2, 0) is 0 Å². The maximum atomic E-state index is 2.41. The van der Waals surface area contributed by atoms with Crippen LogP contribution in [0.25, 0.3) is 0 Å². The van der Waals surface area contributed by atoms with Crippen molar-refractivity contribution in [3.8, 4) is 0 Å². The highest BCUT2D eigenvalue weighted by Crippen LogP contribution is 2.40. The van der Waals surface area contributed by atoms with Gasteiger partial charge in [0, 0.05) is 11.1 Å². The van der Waals surface area contributed by atoms with Crippen molar-refractivity contribution < 1.29 is 0 Å². The predicted molar refractivity (Wildman–Crippen MR) is 71.8 cm³/mol. The molecule has 0 spiro atoms. The molecule has 1 saturated carbocycles. The lowest BCUT2D eigenvalue weighted by atomic mass is 9.70. The molecule has 16 heavy (non-hydrogen) atoms. The summed E-state index contributed by atoms with van der Waals surface area (Å²) in [5.41, 5.74) is 0.770. The van der Waals surface area contributed by atoms with Crippen LogP contribution in [0, 0.1) is 5.92 Å². The molecule has 0 aromatic carbocycles. The molecular formula is C14H30N2. The lowest BCUT2D eigenvalue weighted by Gasteiger charge is -2.48. The third-order valence-corrected chi connectivity index (χ3v) is 5.29. The molecule has 0 unspecified atom stereocenters. The normalized spacial score (nSPS) is 32.4. The zero-order valence-electron chi connectivity index (χ0n) is 12.3. The second kappa shape index (κ2) is 4.66. The van der Waals surface area contributed by atoms with E-state index in [1.54, 1.807) is 0 Å². The molecule has 0 radical (unpaired) electrons. The van der Waals surface area contributed by atoms with E-state index < -0.39 is 0 Å². The number of nitrogens with zero attached hydrogens (tertiary/aromatic N) is 2. The average Bonchev–Trinajstić information content (AvgIpc) is 2.18. The molecule has 1 aliphatic carbocycles. The fourth-order valence-electron chi connectivity index (χ4n) is 2.76. The fourth-order valence-corrected chi connectivity index (χ4v) is 2.76. The first-order chi connectivity index (χ1) is 7.20. The molecule has 0 saturated heterocycles. The quantitative estimate of drug-likeness (QED) is 0.730. The van der Waals surface area contributed by atoms with Gasteiger partial charge in [-0.2, -0.15) is 0 Å². The van der Waals surface area contributed by atoms with Crippen molar-refractivity contribution in [2.24, 2.45) is 5.92 Å². The summed E-state index contributed by atoms with van der Waals surface area (Å²) in [5, 5.41) is 0. The van der Waals surface area contributed by atoms with Crippen LogP contribution in [0.1, 0.15) is 46.5 Å². The van der Waals surface area contributed by atoms with Crippen LogP contribution in [-0.4, -0.2) is 49.1 Å². The molecule has 2 nitrogen and oxygen atoms in total. The minimum atomic E-state index is 0.341. The van der Waals surface area contributed by atoms with Gasteiger partial charge in [-0.15, -0.1) is 0 Å². The van der Waals surface area contributed by atoms with E-state index in [0.29, 0.717) is 11.1 Å². The van der Waals surface area contributed by atoms with E-state index in [0.717, 1.165) is 5.92 Å². The summed E-state index contributed by atoms with van der Waals surface area (Å²) in [4.78, 5) is 4.79. The van der Waals surface area contributed by atoms with Gasteiger partial charge in [0.05, 0.1) is 0 Å². The number of rotatable bonds is 3. The van der Waals surface area contributed by atoms with Crippen molar-refractivity contribution >= 4 is 0 Å². The molecule has 96 valence electrons. The monoisotopic (exact) mass is 226 g/mol.